The number of hydrogen-bond acceptors (Lipinski definition) is 5. The number of carbonyl (C=O) groups excluding carboxylic acids is 2. The molecule has 0 aliphatic heterocycles. The highest BCUT2D eigenvalue weighted by Gasteiger charge is 2.23. The molecule has 0 saturated heterocycles. The Labute approximate surface area is 354 Å². The third-order valence-electron chi connectivity index (χ3n) is 9.26. The van der Waals surface area contributed by atoms with Gasteiger partial charge in [-0.25, -0.2) is 0 Å². The van der Waals surface area contributed by atoms with Crippen LogP contribution in [0.15, 0.2) is 134 Å². The van der Waals surface area contributed by atoms with Crippen molar-refractivity contribution in [2.45, 2.75) is 174 Å². The number of allylic oxidation sites excluding steroid dienone is 22. The molecule has 0 spiro atoms. The number of carbonyl (C=O) groups is 2. The van der Waals surface area contributed by atoms with Crippen molar-refractivity contribution in [3.63, 3.8) is 0 Å². The van der Waals surface area contributed by atoms with E-state index >= 15 is 0 Å². The third-order valence-corrected chi connectivity index (χ3v) is 9.26. The molecule has 0 radical (unpaired) electrons. The molecule has 3 unspecified atom stereocenters. The van der Waals surface area contributed by atoms with Crippen molar-refractivity contribution in [3.05, 3.63) is 134 Å². The summed E-state index contributed by atoms with van der Waals surface area (Å²) in [6.07, 6.45) is 62.3. The zero-order chi connectivity index (χ0) is 42.4. The van der Waals surface area contributed by atoms with Crippen LogP contribution in [-0.4, -0.2) is 46.9 Å². The second-order valence-corrected chi connectivity index (χ2v) is 14.6. The van der Waals surface area contributed by atoms with Crippen molar-refractivity contribution in [2.75, 3.05) is 6.61 Å². The Morgan fingerprint density at radius 3 is 1.38 bits per heavy atom. The lowest BCUT2D eigenvalue weighted by Gasteiger charge is -2.24. The largest absolute Gasteiger partial charge is 0.462 e. The zero-order valence-electron chi connectivity index (χ0n) is 36.6. The molecule has 6 nitrogen and oxygen atoms in total. The number of ether oxygens (including phenoxy) is 1. The highest BCUT2D eigenvalue weighted by molar-refractivity contribution is 5.77. The van der Waals surface area contributed by atoms with E-state index in [1.165, 1.54) is 51.4 Å². The molecule has 0 aliphatic rings. The number of rotatable bonds is 37. The van der Waals surface area contributed by atoms with Gasteiger partial charge in [0.1, 0.15) is 6.10 Å². The number of nitrogens with one attached hydrogen (secondary N) is 1. The first-order chi connectivity index (χ1) is 28.5. The maximum Gasteiger partial charge on any atom is 0.306 e. The molecule has 58 heavy (non-hydrogen) atoms. The lowest BCUT2D eigenvalue weighted by molar-refractivity contribution is -0.151. The second kappa shape index (κ2) is 44.1. The van der Waals surface area contributed by atoms with E-state index in [0.29, 0.717) is 19.3 Å². The van der Waals surface area contributed by atoms with Gasteiger partial charge in [-0.2, -0.15) is 0 Å². The maximum atomic E-state index is 13.1. The molecule has 0 aliphatic carbocycles. The lowest BCUT2D eigenvalue weighted by atomic mass is 10.0. The van der Waals surface area contributed by atoms with Crippen molar-refractivity contribution in [3.8, 4) is 0 Å². The molecular formula is C52H81NO5. The second-order valence-electron chi connectivity index (χ2n) is 14.6. The first kappa shape index (κ1) is 54.0. The first-order valence-electron chi connectivity index (χ1n) is 22.6. The summed E-state index contributed by atoms with van der Waals surface area (Å²) < 4.78 is 5.82. The number of aliphatic hydroxyl groups excluding tert-OH is 2. The molecule has 0 rings (SSSR count). The summed E-state index contributed by atoms with van der Waals surface area (Å²) in [7, 11) is 0. The van der Waals surface area contributed by atoms with E-state index in [1.807, 2.05) is 115 Å². The number of aliphatic hydroxyl groups is 2. The summed E-state index contributed by atoms with van der Waals surface area (Å²) in [4.78, 5) is 26.0. The van der Waals surface area contributed by atoms with Crippen molar-refractivity contribution < 1.29 is 24.5 Å². The first-order valence-corrected chi connectivity index (χ1v) is 22.6. The molecule has 0 bridgehead atoms. The van der Waals surface area contributed by atoms with E-state index < -0.39 is 18.2 Å². The Morgan fingerprint density at radius 1 is 0.517 bits per heavy atom. The molecule has 0 aromatic heterocycles. The normalized spacial score (nSPS) is 14.6. The molecule has 1 amide bonds. The molecule has 0 aromatic carbocycles. The molecule has 0 heterocycles. The molecular weight excluding hydrogens is 719 g/mol. The van der Waals surface area contributed by atoms with E-state index in [9.17, 15) is 19.8 Å². The minimum atomic E-state index is -0.828. The summed E-state index contributed by atoms with van der Waals surface area (Å²) in [5.41, 5.74) is 0. The van der Waals surface area contributed by atoms with Gasteiger partial charge in [-0.1, -0.05) is 225 Å². The van der Waals surface area contributed by atoms with Crippen LogP contribution in [0.2, 0.25) is 0 Å². The topological polar surface area (TPSA) is 95.9 Å². The Balaban J connectivity index is 4.94. The number of amides is 1. The zero-order valence-corrected chi connectivity index (χ0v) is 36.6. The maximum absolute atomic E-state index is 13.1. The van der Waals surface area contributed by atoms with Crippen LogP contribution >= 0.6 is 0 Å². The van der Waals surface area contributed by atoms with E-state index in [2.05, 4.69) is 44.3 Å². The van der Waals surface area contributed by atoms with Crippen molar-refractivity contribution in [1.82, 2.24) is 5.32 Å². The van der Waals surface area contributed by atoms with Crippen LogP contribution in [0.5, 0.6) is 0 Å². The molecule has 6 heteroatoms. The fraction of sp³-hybridized carbons (Fsp3) is 0.538. The van der Waals surface area contributed by atoms with Gasteiger partial charge in [0.05, 0.1) is 25.2 Å². The summed E-state index contributed by atoms with van der Waals surface area (Å²) >= 11 is 0. The number of hydrogen-bond donors (Lipinski definition) is 3. The predicted molar refractivity (Wildman–Crippen MR) is 249 cm³/mol. The molecule has 0 fully saturated rings. The van der Waals surface area contributed by atoms with Crippen LogP contribution in [0.4, 0.5) is 0 Å². The van der Waals surface area contributed by atoms with Crippen LogP contribution in [-0.2, 0) is 14.3 Å². The van der Waals surface area contributed by atoms with Crippen LogP contribution in [0, 0.1) is 0 Å². The Morgan fingerprint density at radius 2 is 0.931 bits per heavy atom. The monoisotopic (exact) mass is 800 g/mol. The van der Waals surface area contributed by atoms with E-state index in [-0.39, 0.29) is 31.3 Å². The minimum Gasteiger partial charge on any atom is -0.462 e. The molecule has 0 saturated carbocycles. The standard InChI is InChI=1S/C52H81NO5/c1-4-7-10-13-16-19-22-24-25-27-29-31-34-37-40-43-48(58-52(57)45-42-39-36-33-30-26-23-20-17-14-11-8-5-2)46-51(56)53-49(47-54)50(55)44-41-38-35-32-28-21-18-15-12-9-6-3/h7-8,10-11,13-14,16-17,19-20,22-27,29-31,33-34,36,48-50,54-55H,4-6,9,12,15,18,21,28,32,35,37-47H2,1-3H3,(H,53,56)/b10-7-,11-8+,16-13+,17-14+,22-19+,23-20-,25-24-,29-27+,30-26-,34-31+,36-33+. The van der Waals surface area contributed by atoms with Gasteiger partial charge >= 0.3 is 5.97 Å². The Bertz CT molecular complexity index is 1310. The van der Waals surface area contributed by atoms with Crippen molar-refractivity contribution in [1.29, 1.82) is 0 Å². The summed E-state index contributed by atoms with van der Waals surface area (Å²) in [6, 6.07) is -0.749. The van der Waals surface area contributed by atoms with Gasteiger partial charge in [0.15, 0.2) is 0 Å². The average molecular weight is 800 g/mol. The summed E-state index contributed by atoms with van der Waals surface area (Å²) in [5.74, 6) is -0.658. The predicted octanol–water partition coefficient (Wildman–Crippen LogP) is 13.1. The smallest absolute Gasteiger partial charge is 0.306 e. The van der Waals surface area contributed by atoms with E-state index in [1.54, 1.807) is 0 Å². The van der Waals surface area contributed by atoms with Gasteiger partial charge in [-0.3, -0.25) is 9.59 Å². The summed E-state index contributed by atoms with van der Waals surface area (Å²) in [5, 5.41) is 23.6. The fourth-order valence-corrected chi connectivity index (χ4v) is 5.91. The van der Waals surface area contributed by atoms with Gasteiger partial charge in [-0.05, 0) is 51.4 Å². The SMILES string of the molecule is CC\C=C/C=C/C=C/C=C\C=C\C=C\CCCC(CC(=O)NC(CO)C(O)CCCCCCCCCCCCC)OC(=O)CCC/C=C/C=C\C=C/C=C/C=C/CC. The van der Waals surface area contributed by atoms with Gasteiger partial charge in [-0.15, -0.1) is 0 Å². The van der Waals surface area contributed by atoms with Crippen molar-refractivity contribution >= 4 is 11.9 Å². The molecule has 3 N–H and O–H groups in total. The summed E-state index contributed by atoms with van der Waals surface area (Å²) in [6.45, 7) is 6.11. The average Bonchev–Trinajstić information content (AvgIpc) is 3.22. The van der Waals surface area contributed by atoms with Crippen molar-refractivity contribution in [2.24, 2.45) is 0 Å². The highest BCUT2D eigenvalue weighted by atomic mass is 16.5. The van der Waals surface area contributed by atoms with Crippen LogP contribution in [0.3, 0.4) is 0 Å². The molecule has 3 atom stereocenters. The van der Waals surface area contributed by atoms with Crippen LogP contribution in [0.25, 0.3) is 0 Å². The van der Waals surface area contributed by atoms with Crippen LogP contribution in [0.1, 0.15) is 156 Å². The molecule has 0 aromatic rings. The van der Waals surface area contributed by atoms with Gasteiger partial charge in [0.25, 0.3) is 0 Å². The number of esters is 1. The van der Waals surface area contributed by atoms with Gasteiger partial charge in [0, 0.05) is 6.42 Å². The Kier molecular flexibility index (Phi) is 41.1. The highest BCUT2D eigenvalue weighted by Crippen LogP contribution is 2.15. The quantitative estimate of drug-likeness (QED) is 0.0330. The minimum absolute atomic E-state index is 0.0122. The van der Waals surface area contributed by atoms with E-state index in [0.717, 1.165) is 51.4 Å². The van der Waals surface area contributed by atoms with Gasteiger partial charge in [0.2, 0.25) is 5.91 Å². The fourth-order valence-electron chi connectivity index (χ4n) is 5.91. The van der Waals surface area contributed by atoms with Crippen LogP contribution < -0.4 is 5.32 Å². The number of unbranched alkanes of at least 4 members (excludes halogenated alkanes) is 12. The van der Waals surface area contributed by atoms with E-state index in [4.69, 9.17) is 4.74 Å². The Hall–Kier alpha value is -4.00. The third kappa shape index (κ3) is 38.9. The molecule has 324 valence electrons. The lowest BCUT2D eigenvalue weighted by Crippen LogP contribution is -2.46. The van der Waals surface area contributed by atoms with Gasteiger partial charge < -0.3 is 20.3 Å².